The van der Waals surface area contributed by atoms with Crippen LogP contribution in [0.2, 0.25) is 0 Å². The van der Waals surface area contributed by atoms with E-state index in [1.54, 1.807) is 25.6 Å². The van der Waals surface area contributed by atoms with Crippen LogP contribution in [0.25, 0.3) is 21.6 Å². The Morgan fingerprint density at radius 3 is 1.03 bits per heavy atom. The molecule has 0 aliphatic heterocycles. The Kier molecular flexibility index (Phi) is 71.0. The first-order valence-electron chi connectivity index (χ1n) is 39.5. The number of carboxylic acids is 3. The zero-order chi connectivity index (χ0) is 99.4. The molecule has 3 aromatic carbocycles. The number of thiazole rings is 1. The van der Waals surface area contributed by atoms with Crippen molar-refractivity contribution < 1.29 is 154 Å². The Morgan fingerprint density at radius 2 is 0.733 bits per heavy atom. The fourth-order valence-electron chi connectivity index (χ4n) is 14.5. The number of alkyl halides is 4. The number of methoxy groups -OCH3 is 10. The van der Waals surface area contributed by atoms with Gasteiger partial charge in [-0.05, 0) is 116 Å². The van der Waals surface area contributed by atoms with Crippen LogP contribution < -0.4 is 4.74 Å². The molecule has 131 heavy (non-hydrogen) atoms. The van der Waals surface area contributed by atoms with Crippen molar-refractivity contribution in [1.82, 2.24) is 9.97 Å². The first-order valence-corrected chi connectivity index (χ1v) is 67.6. The molecular weight excluding hydrogens is 2790 g/mol. The van der Waals surface area contributed by atoms with Crippen molar-refractivity contribution in [3.63, 3.8) is 0 Å². The number of carboxylic acid groups (broad SMARTS) is 3. The Morgan fingerprint density at radius 1 is 0.443 bits per heavy atom. The van der Waals surface area contributed by atoms with Crippen LogP contribution in [0.1, 0.15) is 132 Å². The van der Waals surface area contributed by atoms with Crippen LogP contribution in [-0.4, -0.2) is 227 Å². The molecule has 0 amide bonds. The number of halogens is 9. The van der Waals surface area contributed by atoms with Crippen molar-refractivity contribution in [2.24, 2.45) is 71.0 Å². The van der Waals surface area contributed by atoms with Crippen LogP contribution in [0.3, 0.4) is 0 Å². The van der Waals surface area contributed by atoms with Crippen molar-refractivity contribution in [3.8, 4) is 16.5 Å². The maximum absolute atomic E-state index is 12.2. The van der Waals surface area contributed by atoms with Crippen LogP contribution in [-0.2, 0) is 137 Å². The number of aliphatic carboxylic acids is 3. The number of ketones is 2. The van der Waals surface area contributed by atoms with E-state index in [1.165, 1.54) is 70.3 Å². The van der Waals surface area contributed by atoms with Gasteiger partial charge in [-0.1, -0.05) is 172 Å². The molecule has 33 nitrogen and oxygen atoms in total. The maximum atomic E-state index is 12.2. The van der Waals surface area contributed by atoms with E-state index in [-0.39, 0.29) is 113 Å². The Labute approximate surface area is 884 Å². The molecule has 44 heteroatoms. The van der Waals surface area contributed by atoms with Crippen molar-refractivity contribution >= 4 is 293 Å². The summed E-state index contributed by atoms with van der Waals surface area (Å²) in [5, 5.41) is 49.2. The fraction of sp³-hybridized carbons (Fsp3) is 0.563. The third kappa shape index (κ3) is 45.1. The molecule has 6 fully saturated rings. The molecule has 0 saturated heterocycles. The van der Waals surface area contributed by atoms with Gasteiger partial charge in [-0.3, -0.25) is 67.1 Å². The van der Waals surface area contributed by atoms with Crippen molar-refractivity contribution in [2.75, 3.05) is 83.4 Å². The van der Waals surface area contributed by atoms with Gasteiger partial charge in [-0.25, -0.2) is 9.97 Å². The molecule has 5 N–H and O–H groups in total. The van der Waals surface area contributed by atoms with E-state index in [2.05, 4.69) is 261 Å². The van der Waals surface area contributed by atoms with Crippen LogP contribution in [0.15, 0.2) is 84.2 Å². The van der Waals surface area contributed by atoms with E-state index < -0.39 is 143 Å². The van der Waals surface area contributed by atoms with E-state index in [0.717, 1.165) is 44.4 Å². The van der Waals surface area contributed by atoms with Gasteiger partial charge in [0.15, 0.2) is 0 Å². The van der Waals surface area contributed by atoms with Crippen molar-refractivity contribution in [2.45, 2.75) is 156 Å². The minimum absolute atomic E-state index is 0. The number of aryl methyl sites for hydroxylation is 2. The van der Waals surface area contributed by atoms with Crippen LogP contribution >= 0.6 is 199 Å². The van der Waals surface area contributed by atoms with Gasteiger partial charge in [0.25, 0.3) is 0 Å². The number of benzene rings is 3. The number of nitrogens with zero attached hydrogens (tertiary/aromatic N) is 2. The second-order valence-corrected chi connectivity index (χ2v) is 69.8. The summed E-state index contributed by atoms with van der Waals surface area (Å²) in [6, 6.07) is 25.0. The molecule has 736 valence electrons. The van der Waals surface area contributed by atoms with Crippen molar-refractivity contribution in [1.29, 1.82) is 0 Å². The molecule has 2 aromatic heterocycles. The monoisotopic (exact) mass is 2910 g/mol. The third-order valence-corrected chi connectivity index (χ3v) is 21.9. The summed E-state index contributed by atoms with van der Waals surface area (Å²) in [7, 11) is 13.7. The number of esters is 9. The standard InChI is InChI=1S/C18H20N2OS.C16H20O5.C15H18O5.2C9H14O5.C9H12O5.C7H8O5.CH2I2.2CH3I.CH4.I2.3HI.V/c1-10(2)15-9-22-18(20-15)14-8-11(3)13-6-7-16(21-5)12(4)17(13)19-14;1-19-12-8-13(15(17)20-2)14(9-12)16(18)21-10-11-6-4-3-5-7-11;1-19-14(17)12-7-11(16)8-13(12)15(18)20-9-10-5-3-2-4-6-10;1-13-5-3-6(8(10)11)7(4-5)9(12)14-2;2*1-13-8(11)6-3-5(10)4-7(6)9(12)14-2;8-3-1-4(6(9)10)5(2-3)7(11)12;2-1-3;2*1-2;;1-2;;;;/h6-10H,1-5H3;3-7,12-14H,8-10H2,1-2H3;2-6,11-13,16H,7-9H2,1H3;5-7H,3-4H2,1-2H3,(H,10,11);5-7,10H,3-4H2,1-2H3;6-7H,3-4H2,1-2H3;4-5H,1-2H2,(H,9,10)(H,11,12);1H2;2*1H3;1H4;;3*1H;/q;;;;;;;;;;;;;;;+3/p-3/t;12-,13+,14+;11-,12-,13-;5-,6-,7-;2*6-,7-;4-,5-;;;;;;;;;/m.011111........./s1. The number of hydrogen-bond acceptors (Lipinski definition) is 31. The Bertz CT molecular complexity index is 4260. The first kappa shape index (κ1) is 130. The summed E-state index contributed by atoms with van der Waals surface area (Å²) >= 11 is 22.1. The number of carbonyl (C=O) groups excluding carboxylic acids is 11. The summed E-state index contributed by atoms with van der Waals surface area (Å²) in [5.41, 5.74) is 7.16. The number of rotatable bonds is 21. The second kappa shape index (κ2) is 71.8. The predicted molar refractivity (Wildman–Crippen MR) is 563 cm³/mol. The van der Waals surface area contributed by atoms with Crippen LogP contribution in [0.5, 0.6) is 5.75 Å². The number of fused-ring (bicyclic) bond motifs is 1. The fourth-order valence-corrected chi connectivity index (χ4v) is 15.5. The number of Topliss-reactive ketones (excluding diaryl/α,β-unsaturated/α-hetero) is 2. The number of aromatic nitrogens is 2. The van der Waals surface area contributed by atoms with Gasteiger partial charge in [0.05, 0.1) is 172 Å². The van der Waals surface area contributed by atoms with Gasteiger partial charge in [0, 0.05) is 93.5 Å². The molecule has 6 aliphatic carbocycles. The number of aliphatic hydroxyl groups excluding tert-OH is 2. The molecule has 0 radical (unpaired) electrons. The normalized spacial score (nSPS) is 21.9. The summed E-state index contributed by atoms with van der Waals surface area (Å²) < 4.78 is 59.6. The Hall–Kier alpha value is -3.53. The van der Waals surface area contributed by atoms with Gasteiger partial charge >= 0.3 is 136 Å². The molecule has 6 saturated carbocycles. The summed E-state index contributed by atoms with van der Waals surface area (Å²) in [4.78, 5) is 171. The average Bonchev–Trinajstić information content (AvgIpc) is 1.31. The first-order chi connectivity index (χ1) is 61.7. The molecule has 0 spiro atoms. The van der Waals surface area contributed by atoms with E-state index in [9.17, 15) is 77.3 Å². The van der Waals surface area contributed by atoms with Crippen molar-refractivity contribution in [3.05, 3.63) is 112 Å². The van der Waals surface area contributed by atoms with E-state index in [1.807, 2.05) is 76.6 Å². The Balaban J connectivity index is 0. The minimum atomic E-state index is -1.20. The molecule has 15 atom stereocenters. The number of ether oxygens (including phenoxy) is 12. The molecule has 2 heterocycles. The zero-order valence-electron chi connectivity index (χ0n) is 74.5. The van der Waals surface area contributed by atoms with E-state index >= 15 is 0 Å². The quantitative estimate of drug-likeness (QED) is 0.0197. The van der Waals surface area contributed by atoms with Gasteiger partial charge in [0.2, 0.25) is 0 Å². The molecule has 11 rings (SSSR count). The second-order valence-electron chi connectivity index (χ2n) is 29.1. The molecule has 0 bridgehead atoms. The number of carbonyl (C=O) groups is 14. The molecule has 5 aromatic rings. The van der Waals surface area contributed by atoms with Gasteiger partial charge in [0.1, 0.15) is 35.5 Å². The van der Waals surface area contributed by atoms with E-state index in [0.29, 0.717) is 31.6 Å². The average molecular weight is 2910 g/mol. The SMILES string of the molecule is C.CI.CI.COC(=O)[C@@H]1CC(=O)C[C@H]1C(=O)OC.COC(=O)[C@@H]1CC(O)C[C@H]1C(=O)OC.COC(=O)[C@@H]1C[C@@H](O)C[C@H]1C(=O)OCc1ccccc1.COC(=O)[C@@H]1C[C@H](OC)C[C@H]1C(=O)O.COC(=O)[C@@H]1C[C@H](OC)C[C@H]1C(=O)OCc1ccccc1.COc1ccc2c(C)cc(-c3nc(C(C)C)cs3)nc2c1C.ICI.II.O=C1C[C@@H](C(=O)O)[C@H](C(=O)O)C1.[I][V]([I])[I]. The van der Waals surface area contributed by atoms with Crippen LogP contribution in [0, 0.1) is 84.9 Å². The number of pyridine rings is 1. The molecular formula is C87H118I9N2O31SV. The summed E-state index contributed by atoms with van der Waals surface area (Å²) in [6.45, 7) is 8.87. The van der Waals surface area contributed by atoms with Gasteiger partial charge in [-0.15, -0.1) is 11.3 Å². The third-order valence-electron chi connectivity index (χ3n) is 21.0. The van der Waals surface area contributed by atoms with Crippen LogP contribution in [0.4, 0.5) is 0 Å². The van der Waals surface area contributed by atoms with Gasteiger partial charge in [-0.2, -0.15) is 0 Å². The summed E-state index contributed by atoms with van der Waals surface area (Å²) in [6.07, 6.45) is 1.14. The summed E-state index contributed by atoms with van der Waals surface area (Å²) in [5.74, 6) is -14.5. The zero-order valence-corrected chi connectivity index (χ0v) is 96.1. The topological polar surface area (TPSA) is 477 Å². The molecule has 0 unspecified atom stereocenters. The molecule has 6 aliphatic rings. The van der Waals surface area contributed by atoms with E-state index in [4.69, 9.17) is 53.7 Å². The predicted octanol–water partition coefficient (Wildman–Crippen LogP) is 17.0. The van der Waals surface area contributed by atoms with Gasteiger partial charge < -0.3 is 82.4 Å². The number of hydrogen-bond donors (Lipinski definition) is 5. The number of aliphatic hydroxyl groups is 2.